The molecule has 0 saturated carbocycles. The average Bonchev–Trinajstić information content (AvgIpc) is 2.97. The molecule has 0 aromatic heterocycles. The Bertz CT molecular complexity index is 2240. The molecular formula is C28H13Na3O13S3. The first-order chi connectivity index (χ1) is 20.4. The van der Waals surface area contributed by atoms with Crippen LogP contribution >= 0.6 is 0 Å². The Morgan fingerprint density at radius 3 is 0.787 bits per heavy atom. The van der Waals surface area contributed by atoms with Crippen LogP contribution in [0.15, 0.2) is 93.5 Å². The predicted octanol–water partition coefficient (Wildman–Crippen LogP) is -7.35. The molecule has 2 aliphatic carbocycles. The maximum absolute atomic E-state index is 12.4. The number of hydrogen-bond donors (Lipinski definition) is 0. The zero-order valence-electron chi connectivity index (χ0n) is 24.5. The third-order valence-corrected chi connectivity index (χ3v) is 9.22. The Labute approximate surface area is 334 Å². The molecule has 0 spiro atoms. The molecule has 0 heterocycles. The van der Waals surface area contributed by atoms with E-state index in [-0.39, 0.29) is 139 Å². The monoisotopic (exact) mass is 722 g/mol. The molecular weight excluding hydrogens is 709 g/mol. The van der Waals surface area contributed by atoms with Crippen molar-refractivity contribution < 1.29 is 147 Å². The van der Waals surface area contributed by atoms with Crippen LogP contribution in [0.3, 0.4) is 0 Å². The van der Waals surface area contributed by atoms with E-state index in [0.717, 1.165) is 48.5 Å². The van der Waals surface area contributed by atoms with Gasteiger partial charge in [-0.25, -0.2) is 25.3 Å². The standard InChI is InChI=1S/C14H8O8S2.C14H8O5S.3Na/c15-13-9-3-1-7(23(17,18)19)5-11(9)14(16)10-4-2-8(6-12(10)13)24(20,21)22;15-13-9-3-1-2-4-10(9)14(16)12-7-8(20(17,18)19)5-6-11(12)13;;;/h1-6H,(H,17,18,19)(H,20,21,22);1-7H,(H,17,18,19);;;/q;;3*+1/p-3. The van der Waals surface area contributed by atoms with Gasteiger partial charge in [-0.15, -0.1) is 0 Å². The van der Waals surface area contributed by atoms with Crippen molar-refractivity contribution in [3.05, 3.63) is 123 Å². The fraction of sp³-hybridized carbons (Fsp3) is 0. The Hall–Kier alpha value is -1.71. The molecule has 0 unspecified atom stereocenters. The zero-order valence-corrected chi connectivity index (χ0v) is 33.0. The topological polar surface area (TPSA) is 240 Å². The van der Waals surface area contributed by atoms with Crippen molar-refractivity contribution >= 4 is 53.5 Å². The normalized spacial score (nSPS) is 13.2. The fourth-order valence-electron chi connectivity index (χ4n) is 4.65. The van der Waals surface area contributed by atoms with Gasteiger partial charge < -0.3 is 13.7 Å². The summed E-state index contributed by atoms with van der Waals surface area (Å²) in [6.07, 6.45) is 0. The maximum atomic E-state index is 12.4. The maximum Gasteiger partial charge on any atom is 1.00 e. The SMILES string of the molecule is O=C1c2ccc(S(=O)(=O)[O-])cc2C(=O)c2ccc(S(=O)(=O)[O-])cc21.O=C1c2ccccc2C(=O)c2cc(S(=O)(=O)[O-])ccc21.[Na+].[Na+].[Na+]. The molecule has 47 heavy (non-hydrogen) atoms. The van der Waals surface area contributed by atoms with Crippen LogP contribution in [0.4, 0.5) is 0 Å². The molecule has 224 valence electrons. The van der Waals surface area contributed by atoms with Crippen molar-refractivity contribution in [2.45, 2.75) is 14.7 Å². The zero-order chi connectivity index (χ0) is 32.4. The first kappa shape index (κ1) is 41.5. The van der Waals surface area contributed by atoms with Crippen molar-refractivity contribution in [3.8, 4) is 0 Å². The summed E-state index contributed by atoms with van der Waals surface area (Å²) in [6.45, 7) is 0. The predicted molar refractivity (Wildman–Crippen MR) is 143 cm³/mol. The van der Waals surface area contributed by atoms with Gasteiger partial charge in [0.25, 0.3) is 0 Å². The largest absolute Gasteiger partial charge is 1.00 e. The van der Waals surface area contributed by atoms with E-state index in [0.29, 0.717) is 0 Å². The summed E-state index contributed by atoms with van der Waals surface area (Å²) in [5, 5.41) is 0. The van der Waals surface area contributed by atoms with Gasteiger partial charge in [-0.05, 0) is 54.6 Å². The minimum atomic E-state index is -4.81. The van der Waals surface area contributed by atoms with Crippen LogP contribution in [-0.4, -0.2) is 62.0 Å². The molecule has 0 radical (unpaired) electrons. The molecule has 4 aromatic carbocycles. The van der Waals surface area contributed by atoms with Crippen molar-refractivity contribution in [2.24, 2.45) is 0 Å². The molecule has 0 bridgehead atoms. The van der Waals surface area contributed by atoms with E-state index in [4.69, 9.17) is 0 Å². The molecule has 19 heteroatoms. The van der Waals surface area contributed by atoms with Crippen LogP contribution in [0.5, 0.6) is 0 Å². The van der Waals surface area contributed by atoms with Crippen molar-refractivity contribution in [3.63, 3.8) is 0 Å². The molecule has 4 aromatic rings. The fourth-order valence-corrected chi connectivity index (χ4v) is 6.14. The van der Waals surface area contributed by atoms with Crippen LogP contribution in [0.25, 0.3) is 0 Å². The number of hydrogen-bond acceptors (Lipinski definition) is 13. The van der Waals surface area contributed by atoms with Gasteiger partial charge in [-0.1, -0.05) is 24.3 Å². The van der Waals surface area contributed by atoms with Gasteiger partial charge in [0.05, 0.1) is 14.7 Å². The van der Waals surface area contributed by atoms with E-state index in [2.05, 4.69) is 0 Å². The molecule has 2 aliphatic rings. The summed E-state index contributed by atoms with van der Waals surface area (Å²) < 4.78 is 99.3. The van der Waals surface area contributed by atoms with Gasteiger partial charge in [0, 0.05) is 44.5 Å². The Morgan fingerprint density at radius 2 is 0.553 bits per heavy atom. The van der Waals surface area contributed by atoms with E-state index in [1.807, 2.05) is 0 Å². The van der Waals surface area contributed by atoms with Crippen LogP contribution in [0.2, 0.25) is 0 Å². The van der Waals surface area contributed by atoms with Gasteiger partial charge >= 0.3 is 88.7 Å². The van der Waals surface area contributed by atoms with Gasteiger partial charge in [-0.2, -0.15) is 0 Å². The third kappa shape index (κ3) is 8.20. The number of ketones is 4. The molecule has 0 aliphatic heterocycles. The van der Waals surface area contributed by atoms with Crippen LogP contribution in [0.1, 0.15) is 63.7 Å². The van der Waals surface area contributed by atoms with E-state index in [1.54, 1.807) is 12.1 Å². The first-order valence-corrected chi connectivity index (χ1v) is 16.2. The minimum Gasteiger partial charge on any atom is -0.744 e. The van der Waals surface area contributed by atoms with Crippen LogP contribution in [-0.2, 0) is 30.4 Å². The number of carbonyl (C=O) groups excluding carboxylic acids is 4. The Morgan fingerprint density at radius 1 is 0.340 bits per heavy atom. The average molecular weight is 723 g/mol. The molecule has 6 rings (SSSR count). The van der Waals surface area contributed by atoms with Crippen molar-refractivity contribution in [1.82, 2.24) is 0 Å². The van der Waals surface area contributed by atoms with Gasteiger partial charge in [0.1, 0.15) is 30.4 Å². The quantitative estimate of drug-likeness (QED) is 0.122. The van der Waals surface area contributed by atoms with Gasteiger partial charge in [-0.3, -0.25) is 19.2 Å². The number of rotatable bonds is 3. The van der Waals surface area contributed by atoms with Crippen LogP contribution < -0.4 is 88.7 Å². The molecule has 0 fully saturated rings. The summed E-state index contributed by atoms with van der Waals surface area (Å²) in [4.78, 5) is 47.5. The van der Waals surface area contributed by atoms with E-state index < -0.39 is 62.4 Å². The molecule has 0 N–H and O–H groups in total. The van der Waals surface area contributed by atoms with E-state index in [9.17, 15) is 58.1 Å². The minimum absolute atomic E-state index is 0. The smallest absolute Gasteiger partial charge is 0.744 e. The summed E-state index contributed by atoms with van der Waals surface area (Å²) in [5.74, 6) is -2.31. The summed E-state index contributed by atoms with van der Waals surface area (Å²) in [7, 11) is -14.3. The third-order valence-electron chi connectivity index (χ3n) is 6.72. The van der Waals surface area contributed by atoms with Crippen molar-refractivity contribution in [2.75, 3.05) is 0 Å². The van der Waals surface area contributed by atoms with Crippen LogP contribution in [0, 0.1) is 0 Å². The molecule has 0 atom stereocenters. The Kier molecular flexibility index (Phi) is 13.3. The molecule has 0 saturated heterocycles. The van der Waals surface area contributed by atoms with Crippen molar-refractivity contribution in [1.29, 1.82) is 0 Å². The second-order valence-corrected chi connectivity index (χ2v) is 13.5. The second kappa shape index (κ2) is 15.0. The molecule has 0 amide bonds. The summed E-state index contributed by atoms with van der Waals surface area (Å²) >= 11 is 0. The van der Waals surface area contributed by atoms with Gasteiger partial charge in [0.2, 0.25) is 0 Å². The number of benzene rings is 4. The first-order valence-electron chi connectivity index (χ1n) is 12.0. The van der Waals surface area contributed by atoms with E-state index >= 15 is 0 Å². The molecule has 13 nitrogen and oxygen atoms in total. The van der Waals surface area contributed by atoms with E-state index in [1.165, 1.54) is 18.2 Å². The summed E-state index contributed by atoms with van der Waals surface area (Å²) in [5.41, 5.74) is -0.357. The number of fused-ring (bicyclic) bond motifs is 4. The second-order valence-electron chi connectivity index (χ2n) is 9.35. The Balaban J connectivity index is 0.000000311. The summed E-state index contributed by atoms with van der Waals surface area (Å²) in [6, 6.07) is 14.9. The number of carbonyl (C=O) groups is 4. The van der Waals surface area contributed by atoms with Gasteiger partial charge in [0.15, 0.2) is 23.1 Å².